The number of hydrogen-bond donors (Lipinski definition) is 3. The standard InChI is InChI=1S/C11H12F2N4O3/c12-6-2-7(13)8(14)1-5(6)11(20)17(3-9(15)18)4-10(16)19/h1-2H,3-4,14H2,(H2,15,18)(H2,16,19). The normalized spacial score (nSPS) is 10.1. The fourth-order valence-electron chi connectivity index (χ4n) is 1.48. The Balaban J connectivity index is 3.14. The molecule has 0 aliphatic heterocycles. The van der Waals surface area contributed by atoms with Crippen LogP contribution in [-0.4, -0.2) is 35.7 Å². The molecule has 7 nitrogen and oxygen atoms in total. The molecule has 0 aromatic heterocycles. The summed E-state index contributed by atoms with van der Waals surface area (Å²) in [5, 5.41) is 0. The molecule has 0 unspecified atom stereocenters. The lowest BCUT2D eigenvalue weighted by Crippen LogP contribution is -2.43. The highest BCUT2D eigenvalue weighted by atomic mass is 19.1. The Kier molecular flexibility index (Phi) is 4.57. The molecule has 0 radical (unpaired) electrons. The molecule has 3 amide bonds. The van der Waals surface area contributed by atoms with Gasteiger partial charge in [0.2, 0.25) is 11.8 Å². The van der Waals surface area contributed by atoms with Gasteiger partial charge in [0.25, 0.3) is 5.91 Å². The summed E-state index contributed by atoms with van der Waals surface area (Å²) < 4.78 is 26.5. The smallest absolute Gasteiger partial charge is 0.257 e. The second-order valence-electron chi connectivity index (χ2n) is 3.95. The maximum Gasteiger partial charge on any atom is 0.257 e. The number of benzene rings is 1. The minimum atomic E-state index is -1.18. The van der Waals surface area contributed by atoms with Crippen LogP contribution in [-0.2, 0) is 9.59 Å². The van der Waals surface area contributed by atoms with Gasteiger partial charge in [-0.3, -0.25) is 14.4 Å². The molecular weight excluding hydrogens is 274 g/mol. The summed E-state index contributed by atoms with van der Waals surface area (Å²) in [5.41, 5.74) is 14.0. The SMILES string of the molecule is NC(=O)CN(CC(N)=O)C(=O)c1cc(N)c(F)cc1F. The Labute approximate surface area is 112 Å². The van der Waals surface area contributed by atoms with Crippen molar-refractivity contribution in [2.24, 2.45) is 11.5 Å². The Morgan fingerprint density at radius 3 is 1.95 bits per heavy atom. The van der Waals surface area contributed by atoms with Crippen LogP contribution < -0.4 is 17.2 Å². The van der Waals surface area contributed by atoms with Crippen molar-refractivity contribution in [3.63, 3.8) is 0 Å². The molecule has 0 bridgehead atoms. The maximum atomic E-state index is 13.5. The lowest BCUT2D eigenvalue weighted by Gasteiger charge is -2.20. The van der Waals surface area contributed by atoms with Gasteiger partial charge in [-0.1, -0.05) is 0 Å². The molecule has 1 aromatic carbocycles. The van der Waals surface area contributed by atoms with Gasteiger partial charge >= 0.3 is 0 Å². The first-order valence-electron chi connectivity index (χ1n) is 5.32. The van der Waals surface area contributed by atoms with Crippen molar-refractivity contribution in [2.75, 3.05) is 18.8 Å². The van der Waals surface area contributed by atoms with Crippen LogP contribution in [0.15, 0.2) is 12.1 Å². The Hall–Kier alpha value is -2.71. The van der Waals surface area contributed by atoms with E-state index in [2.05, 4.69) is 0 Å². The largest absolute Gasteiger partial charge is 0.396 e. The fraction of sp³-hybridized carbons (Fsp3) is 0.182. The first-order chi connectivity index (χ1) is 9.22. The topological polar surface area (TPSA) is 133 Å². The average molecular weight is 286 g/mol. The summed E-state index contributed by atoms with van der Waals surface area (Å²) in [6.45, 7) is -1.28. The van der Waals surface area contributed by atoms with Crippen LogP contribution in [0, 0.1) is 11.6 Å². The molecule has 0 fully saturated rings. The lowest BCUT2D eigenvalue weighted by molar-refractivity contribution is -0.121. The number of nitrogens with zero attached hydrogens (tertiary/aromatic N) is 1. The third-order valence-corrected chi connectivity index (χ3v) is 2.30. The van der Waals surface area contributed by atoms with Crippen molar-refractivity contribution >= 4 is 23.4 Å². The van der Waals surface area contributed by atoms with E-state index in [9.17, 15) is 23.2 Å². The van der Waals surface area contributed by atoms with Gasteiger partial charge in [0, 0.05) is 6.07 Å². The van der Waals surface area contributed by atoms with Crippen molar-refractivity contribution in [2.45, 2.75) is 0 Å². The minimum Gasteiger partial charge on any atom is -0.396 e. The summed E-state index contributed by atoms with van der Waals surface area (Å²) in [7, 11) is 0. The zero-order chi connectivity index (χ0) is 15.4. The molecule has 6 N–H and O–H groups in total. The van der Waals surface area contributed by atoms with Crippen LogP contribution in [0.5, 0.6) is 0 Å². The molecule has 0 aliphatic carbocycles. The highest BCUT2D eigenvalue weighted by Crippen LogP contribution is 2.18. The van der Waals surface area contributed by atoms with Crippen molar-refractivity contribution in [1.82, 2.24) is 4.90 Å². The van der Waals surface area contributed by atoms with Crippen LogP contribution in [0.25, 0.3) is 0 Å². The van der Waals surface area contributed by atoms with E-state index in [1.54, 1.807) is 0 Å². The highest BCUT2D eigenvalue weighted by Gasteiger charge is 2.23. The molecule has 20 heavy (non-hydrogen) atoms. The van der Waals surface area contributed by atoms with Crippen molar-refractivity contribution in [1.29, 1.82) is 0 Å². The second-order valence-corrected chi connectivity index (χ2v) is 3.95. The summed E-state index contributed by atoms with van der Waals surface area (Å²) in [6, 6.07) is 1.19. The van der Waals surface area contributed by atoms with E-state index in [1.807, 2.05) is 0 Å². The molecule has 1 aromatic rings. The Bertz CT molecular complexity index is 561. The summed E-state index contributed by atoms with van der Waals surface area (Å²) in [5.74, 6) is -5.10. The van der Waals surface area contributed by atoms with Gasteiger partial charge in [0.05, 0.1) is 11.3 Å². The third kappa shape index (κ3) is 3.64. The van der Waals surface area contributed by atoms with Crippen molar-refractivity contribution in [3.8, 4) is 0 Å². The van der Waals surface area contributed by atoms with Gasteiger partial charge in [0.15, 0.2) is 0 Å². The highest BCUT2D eigenvalue weighted by molar-refractivity contribution is 5.99. The van der Waals surface area contributed by atoms with Gasteiger partial charge in [-0.15, -0.1) is 0 Å². The quantitative estimate of drug-likeness (QED) is 0.596. The van der Waals surface area contributed by atoms with Crippen LogP contribution >= 0.6 is 0 Å². The number of hydrogen-bond acceptors (Lipinski definition) is 4. The van der Waals surface area contributed by atoms with E-state index in [0.29, 0.717) is 11.0 Å². The molecule has 0 atom stereocenters. The second kappa shape index (κ2) is 5.95. The van der Waals surface area contributed by atoms with E-state index < -0.39 is 53.7 Å². The van der Waals surface area contributed by atoms with E-state index in [1.165, 1.54) is 0 Å². The van der Waals surface area contributed by atoms with Gasteiger partial charge < -0.3 is 22.1 Å². The van der Waals surface area contributed by atoms with E-state index in [0.717, 1.165) is 6.07 Å². The number of rotatable bonds is 5. The van der Waals surface area contributed by atoms with E-state index in [4.69, 9.17) is 17.2 Å². The van der Waals surface area contributed by atoms with Gasteiger partial charge in [-0.25, -0.2) is 8.78 Å². The first-order valence-corrected chi connectivity index (χ1v) is 5.32. The van der Waals surface area contributed by atoms with Crippen molar-refractivity contribution in [3.05, 3.63) is 29.3 Å². The third-order valence-electron chi connectivity index (χ3n) is 2.30. The summed E-state index contributed by atoms with van der Waals surface area (Å²) in [6.07, 6.45) is 0. The number of halogens is 2. The van der Waals surface area contributed by atoms with Crippen LogP contribution in [0.3, 0.4) is 0 Å². The van der Waals surface area contributed by atoms with Gasteiger partial charge in [-0.05, 0) is 6.07 Å². The number of carbonyl (C=O) groups excluding carboxylic acids is 3. The summed E-state index contributed by atoms with van der Waals surface area (Å²) >= 11 is 0. The average Bonchev–Trinajstić information content (AvgIpc) is 2.31. The monoisotopic (exact) mass is 286 g/mol. The number of nitrogens with two attached hydrogens (primary N) is 3. The summed E-state index contributed by atoms with van der Waals surface area (Å²) in [4.78, 5) is 34.3. The van der Waals surface area contributed by atoms with E-state index in [-0.39, 0.29) is 0 Å². The molecule has 0 saturated carbocycles. The van der Waals surface area contributed by atoms with Gasteiger partial charge in [-0.2, -0.15) is 0 Å². The van der Waals surface area contributed by atoms with Crippen LogP contribution in [0.2, 0.25) is 0 Å². The van der Waals surface area contributed by atoms with Crippen molar-refractivity contribution < 1.29 is 23.2 Å². The number of primary amides is 2. The molecular formula is C11H12F2N4O3. The Morgan fingerprint density at radius 1 is 1.00 bits per heavy atom. The first kappa shape index (κ1) is 15.3. The zero-order valence-electron chi connectivity index (χ0n) is 10.2. The molecule has 0 aliphatic rings. The van der Waals surface area contributed by atoms with Crippen LogP contribution in [0.1, 0.15) is 10.4 Å². The number of amides is 3. The maximum absolute atomic E-state index is 13.5. The molecule has 0 spiro atoms. The number of anilines is 1. The molecule has 0 saturated heterocycles. The fourth-order valence-corrected chi connectivity index (χ4v) is 1.48. The minimum absolute atomic E-state index is 0.426. The molecule has 108 valence electrons. The predicted molar refractivity (Wildman–Crippen MR) is 65.1 cm³/mol. The Morgan fingerprint density at radius 2 is 1.50 bits per heavy atom. The lowest BCUT2D eigenvalue weighted by atomic mass is 10.1. The number of nitrogen functional groups attached to an aromatic ring is 1. The molecule has 9 heteroatoms. The molecule has 0 heterocycles. The van der Waals surface area contributed by atoms with E-state index >= 15 is 0 Å². The molecule has 1 rings (SSSR count). The van der Waals surface area contributed by atoms with Gasteiger partial charge in [0.1, 0.15) is 24.7 Å². The van der Waals surface area contributed by atoms with Crippen LogP contribution in [0.4, 0.5) is 14.5 Å². The predicted octanol–water partition coefficient (Wildman–Crippen LogP) is -1.04. The zero-order valence-corrected chi connectivity index (χ0v) is 10.2. The number of carbonyl (C=O) groups is 3.